The van der Waals surface area contributed by atoms with E-state index in [1.807, 2.05) is 35.1 Å². The van der Waals surface area contributed by atoms with Crippen molar-refractivity contribution < 1.29 is 9.53 Å². The van der Waals surface area contributed by atoms with E-state index in [-0.39, 0.29) is 17.2 Å². The number of rotatable bonds is 6. The molecule has 0 spiro atoms. The van der Waals surface area contributed by atoms with Crippen LogP contribution in [0.5, 0.6) is 0 Å². The second-order valence-corrected chi connectivity index (χ2v) is 11.0. The number of carbonyl (C=O) groups excluding carboxylic acids is 1. The molecule has 2 fully saturated rings. The number of nitrogens with zero attached hydrogens (tertiary/aromatic N) is 5. The number of aromatic nitrogens is 5. The Labute approximate surface area is 211 Å². The molecule has 6 rings (SSSR count). The predicted molar refractivity (Wildman–Crippen MR) is 136 cm³/mol. The topological polar surface area (TPSA) is 94.8 Å². The summed E-state index contributed by atoms with van der Waals surface area (Å²) in [7, 11) is 0. The molecule has 1 aliphatic heterocycles. The molecule has 2 aliphatic rings. The van der Waals surface area contributed by atoms with Crippen LogP contribution in [-0.4, -0.2) is 50.4 Å². The van der Waals surface area contributed by atoms with Crippen LogP contribution >= 0.6 is 15.9 Å². The molecule has 0 unspecified atom stereocenters. The number of ether oxygens (including phenoxy) is 1. The Morgan fingerprint density at radius 1 is 1.26 bits per heavy atom. The van der Waals surface area contributed by atoms with E-state index in [2.05, 4.69) is 49.3 Å². The molecule has 3 aromatic heterocycles. The summed E-state index contributed by atoms with van der Waals surface area (Å²) in [6.07, 6.45) is 7.20. The number of fused-ring (bicyclic) bond motifs is 2. The van der Waals surface area contributed by atoms with Crippen molar-refractivity contribution in [3.8, 4) is 5.69 Å². The van der Waals surface area contributed by atoms with Crippen molar-refractivity contribution in [2.45, 2.75) is 32.6 Å². The third-order valence-corrected chi connectivity index (χ3v) is 7.82. The van der Waals surface area contributed by atoms with Gasteiger partial charge in [-0.05, 0) is 65.4 Å². The van der Waals surface area contributed by atoms with Gasteiger partial charge in [0.25, 0.3) is 0 Å². The molecule has 4 aromatic rings. The normalized spacial score (nSPS) is 21.3. The Morgan fingerprint density at radius 3 is 2.97 bits per heavy atom. The average Bonchev–Trinajstić information content (AvgIpc) is 3.45. The van der Waals surface area contributed by atoms with Crippen LogP contribution < -0.4 is 5.32 Å². The predicted octanol–water partition coefficient (Wildman–Crippen LogP) is 4.24. The minimum Gasteiger partial charge on any atom is -0.380 e. The van der Waals surface area contributed by atoms with Gasteiger partial charge in [-0.25, -0.2) is 14.6 Å². The molecule has 8 nitrogen and oxygen atoms in total. The molecule has 1 saturated heterocycles. The van der Waals surface area contributed by atoms with Crippen molar-refractivity contribution in [2.24, 2.45) is 17.3 Å². The highest BCUT2D eigenvalue weighted by Crippen LogP contribution is 2.34. The molecular weight excluding hydrogens is 508 g/mol. The summed E-state index contributed by atoms with van der Waals surface area (Å²) in [5, 5.41) is 9.74. The first-order chi connectivity index (χ1) is 17.0. The first-order valence-electron chi connectivity index (χ1n) is 12.1. The minimum atomic E-state index is 0.0687. The Hall–Kier alpha value is -2.91. The molecule has 4 heterocycles. The van der Waals surface area contributed by atoms with Crippen molar-refractivity contribution >= 4 is 43.8 Å². The van der Waals surface area contributed by atoms with Gasteiger partial charge >= 0.3 is 0 Å². The second-order valence-electron chi connectivity index (χ2n) is 10.2. The maximum Gasteiger partial charge on any atom is 0.223 e. The zero-order valence-electron chi connectivity index (χ0n) is 19.6. The SMILES string of the molecule is CC1(CNC(=O)[C@@H]2CC[C@@H](Cc3ncc4c(Br)nn(-c5ccc6ncccc6c5)c4n3)C2)COC1. The summed E-state index contributed by atoms with van der Waals surface area (Å²) < 4.78 is 7.86. The van der Waals surface area contributed by atoms with Crippen molar-refractivity contribution in [1.29, 1.82) is 0 Å². The zero-order valence-corrected chi connectivity index (χ0v) is 21.2. The lowest BCUT2D eigenvalue weighted by molar-refractivity contribution is -0.130. The van der Waals surface area contributed by atoms with E-state index < -0.39 is 0 Å². The fourth-order valence-electron chi connectivity index (χ4n) is 5.13. The summed E-state index contributed by atoms with van der Waals surface area (Å²) in [6.45, 7) is 4.29. The lowest BCUT2D eigenvalue weighted by atomic mass is 9.88. The van der Waals surface area contributed by atoms with Crippen molar-refractivity contribution in [3.63, 3.8) is 0 Å². The standard InChI is InChI=1S/C26H27BrN6O2/c1-26(14-35-15-26)13-30-25(34)18-5-4-16(9-18)10-22-29-12-20-23(27)32-33(24(20)31-22)19-6-7-21-17(11-19)3-2-8-28-21/h2-3,6-8,11-12,16,18H,4-5,9-10,13-15H2,1H3,(H,30,34)/t16-,18-/m1/s1. The average molecular weight is 535 g/mol. The number of hydrogen-bond donors (Lipinski definition) is 1. The number of carbonyl (C=O) groups is 1. The van der Waals surface area contributed by atoms with Crippen molar-refractivity contribution in [2.75, 3.05) is 19.8 Å². The van der Waals surface area contributed by atoms with E-state index in [9.17, 15) is 4.79 Å². The molecule has 9 heteroatoms. The summed E-state index contributed by atoms with van der Waals surface area (Å²) in [6, 6.07) is 10.0. The maximum absolute atomic E-state index is 12.7. The van der Waals surface area contributed by atoms with Crippen molar-refractivity contribution in [3.05, 3.63) is 53.2 Å². The highest BCUT2D eigenvalue weighted by atomic mass is 79.9. The van der Waals surface area contributed by atoms with E-state index in [0.29, 0.717) is 17.1 Å². The maximum atomic E-state index is 12.7. The fraction of sp³-hybridized carbons (Fsp3) is 0.423. The van der Waals surface area contributed by atoms with Crippen LogP contribution in [0.15, 0.2) is 47.3 Å². The number of amides is 1. The van der Waals surface area contributed by atoms with Gasteiger partial charge < -0.3 is 10.1 Å². The largest absolute Gasteiger partial charge is 0.380 e. The smallest absolute Gasteiger partial charge is 0.223 e. The van der Waals surface area contributed by atoms with E-state index in [1.54, 1.807) is 6.20 Å². The third kappa shape index (κ3) is 4.43. The first-order valence-corrected chi connectivity index (χ1v) is 12.9. The van der Waals surface area contributed by atoms with Gasteiger partial charge in [-0.2, -0.15) is 5.10 Å². The van der Waals surface area contributed by atoms with Gasteiger partial charge in [-0.1, -0.05) is 13.0 Å². The van der Waals surface area contributed by atoms with Gasteiger partial charge in [0.15, 0.2) is 5.65 Å². The zero-order chi connectivity index (χ0) is 24.0. The van der Waals surface area contributed by atoms with Gasteiger partial charge in [-0.3, -0.25) is 9.78 Å². The Morgan fingerprint density at radius 2 is 2.14 bits per heavy atom. The summed E-state index contributed by atoms with van der Waals surface area (Å²) in [4.78, 5) is 26.6. The van der Waals surface area contributed by atoms with Crippen LogP contribution in [0.4, 0.5) is 0 Å². The monoisotopic (exact) mass is 534 g/mol. The van der Waals surface area contributed by atoms with Crippen LogP contribution in [0.2, 0.25) is 0 Å². The third-order valence-electron chi connectivity index (χ3n) is 7.23. The molecule has 180 valence electrons. The van der Waals surface area contributed by atoms with Gasteiger partial charge in [0.2, 0.25) is 5.91 Å². The van der Waals surface area contributed by atoms with E-state index in [1.165, 1.54) is 0 Å². The van der Waals surface area contributed by atoms with Crippen LogP contribution in [0.25, 0.3) is 27.6 Å². The van der Waals surface area contributed by atoms with Gasteiger partial charge in [0.05, 0.1) is 29.8 Å². The van der Waals surface area contributed by atoms with Crippen LogP contribution in [0, 0.1) is 17.3 Å². The van der Waals surface area contributed by atoms with Crippen molar-refractivity contribution in [1.82, 2.24) is 30.0 Å². The number of halogens is 1. The highest BCUT2D eigenvalue weighted by Gasteiger charge is 2.36. The quantitative estimate of drug-likeness (QED) is 0.397. The van der Waals surface area contributed by atoms with Gasteiger partial charge in [0, 0.05) is 42.1 Å². The molecule has 0 radical (unpaired) electrons. The number of hydrogen-bond acceptors (Lipinski definition) is 6. The summed E-state index contributed by atoms with van der Waals surface area (Å²) in [5.41, 5.74) is 2.73. The molecule has 0 bridgehead atoms. The van der Waals surface area contributed by atoms with Gasteiger partial charge in [0.1, 0.15) is 10.4 Å². The van der Waals surface area contributed by atoms with E-state index in [4.69, 9.17) is 9.72 Å². The summed E-state index contributed by atoms with van der Waals surface area (Å²) >= 11 is 3.56. The molecule has 1 saturated carbocycles. The molecule has 1 aromatic carbocycles. The minimum absolute atomic E-state index is 0.0687. The molecule has 35 heavy (non-hydrogen) atoms. The molecule has 1 aliphatic carbocycles. The van der Waals surface area contributed by atoms with E-state index in [0.717, 1.165) is 72.3 Å². The van der Waals surface area contributed by atoms with Gasteiger partial charge in [-0.15, -0.1) is 0 Å². The van der Waals surface area contributed by atoms with E-state index >= 15 is 0 Å². The van der Waals surface area contributed by atoms with Crippen LogP contribution in [-0.2, 0) is 16.0 Å². The number of benzene rings is 1. The number of pyridine rings is 1. The Kier molecular flexibility index (Phi) is 5.76. The molecule has 2 atom stereocenters. The lowest BCUT2D eigenvalue weighted by Crippen LogP contribution is -2.49. The number of nitrogens with one attached hydrogen (secondary N) is 1. The molecule has 1 N–H and O–H groups in total. The summed E-state index contributed by atoms with van der Waals surface area (Å²) in [5.74, 6) is 1.43. The molecular formula is C26H27BrN6O2. The first kappa shape index (κ1) is 22.5. The molecule has 1 amide bonds. The Balaban J connectivity index is 1.18. The Bertz CT molecular complexity index is 1420. The van der Waals surface area contributed by atoms with Crippen LogP contribution in [0.3, 0.4) is 0 Å². The fourth-order valence-corrected chi connectivity index (χ4v) is 5.57. The second kappa shape index (κ2) is 8.95. The van der Waals surface area contributed by atoms with Crippen LogP contribution in [0.1, 0.15) is 32.0 Å². The highest BCUT2D eigenvalue weighted by molar-refractivity contribution is 9.10. The lowest BCUT2D eigenvalue weighted by Gasteiger charge is -2.38.